The second kappa shape index (κ2) is 13.3. The summed E-state index contributed by atoms with van der Waals surface area (Å²) in [6.07, 6.45) is 0. The molecule has 0 saturated heterocycles. The maximum absolute atomic E-state index is 9.75. The highest BCUT2D eigenvalue weighted by Gasteiger charge is 2.21. The fourth-order valence-electron chi connectivity index (χ4n) is 0.204. The van der Waals surface area contributed by atoms with Crippen molar-refractivity contribution in [1.29, 1.82) is 0 Å². The van der Waals surface area contributed by atoms with Crippen LogP contribution in [0.4, 0.5) is 51.8 Å². The summed E-state index contributed by atoms with van der Waals surface area (Å²) in [5, 5.41) is 0. The molecule has 0 aromatic rings. The number of hydrogen-bond acceptors (Lipinski definition) is 1. The average molecular weight is 338 g/mol. The minimum absolute atomic E-state index is 0. The van der Waals surface area contributed by atoms with E-state index in [9.17, 15) is 51.8 Å². The van der Waals surface area contributed by atoms with Gasteiger partial charge in [0, 0.05) is 13.2 Å². The Hall–Kier alpha value is -0.685. The van der Waals surface area contributed by atoms with Crippen LogP contribution in [-0.2, 0) is 4.74 Å². The molecule has 0 amide bonds. The minimum atomic E-state index is -6.00. The van der Waals surface area contributed by atoms with Crippen molar-refractivity contribution in [2.24, 2.45) is 0 Å². The Labute approximate surface area is 111 Å². The molecule has 0 spiro atoms. The van der Waals surface area contributed by atoms with Crippen LogP contribution in [0.2, 0.25) is 0 Å². The molecule has 0 rings (SSSR count). The Bertz CT molecular complexity index is 151. The first-order valence-corrected chi connectivity index (χ1v) is 4.61. The van der Waals surface area contributed by atoms with Gasteiger partial charge in [0.05, 0.1) is 0 Å². The van der Waals surface area contributed by atoms with E-state index in [-0.39, 0.29) is 4.28 Å². The van der Waals surface area contributed by atoms with Crippen molar-refractivity contribution >= 4 is 21.8 Å². The predicted octanol–water partition coefficient (Wildman–Crippen LogP) is 5.28. The van der Waals surface area contributed by atoms with E-state index in [0.717, 1.165) is 13.2 Å². The Kier molecular flexibility index (Phi) is 18.4. The third-order valence-electron chi connectivity index (χ3n) is 0.408. The van der Waals surface area contributed by atoms with Crippen LogP contribution in [0.15, 0.2) is 0 Å². The Morgan fingerprint density at radius 2 is 0.650 bits per heavy atom. The summed E-state index contributed by atoms with van der Waals surface area (Å²) in [7, 11) is -18.0. The molecule has 0 aromatic heterocycles. The third kappa shape index (κ3) is 2670. The summed E-state index contributed by atoms with van der Waals surface area (Å²) in [5.41, 5.74) is 0. The lowest BCUT2D eigenvalue weighted by Crippen LogP contribution is -2.02. The zero-order chi connectivity index (χ0) is 17.6. The van der Waals surface area contributed by atoms with E-state index in [4.69, 9.17) is 4.74 Å². The number of rotatable bonds is 2. The van der Waals surface area contributed by atoms with Crippen LogP contribution in [0.25, 0.3) is 0 Å². The maximum atomic E-state index is 9.75. The normalized spacial score (nSPS) is 11.1. The first kappa shape index (κ1) is 27.6. The van der Waals surface area contributed by atoms with Gasteiger partial charge in [-0.3, -0.25) is 0 Å². The summed E-state index contributed by atoms with van der Waals surface area (Å²) in [6.45, 7) is 5.67. The first-order chi connectivity index (χ1) is 8.41. The van der Waals surface area contributed by atoms with E-state index in [0.29, 0.717) is 0 Å². The Balaban J connectivity index is -0.0000000284. The van der Waals surface area contributed by atoms with Crippen LogP contribution >= 0.6 is 0 Å². The van der Waals surface area contributed by atoms with Gasteiger partial charge in [-0.05, 0) is 13.8 Å². The van der Waals surface area contributed by atoms with Crippen molar-refractivity contribution in [3.05, 3.63) is 0 Å². The fraction of sp³-hybridized carbons (Fsp3) is 1.00. The van der Waals surface area contributed by atoms with Crippen LogP contribution in [0.1, 0.15) is 18.1 Å². The van der Waals surface area contributed by atoms with Crippen molar-refractivity contribution in [2.75, 3.05) is 13.2 Å². The standard InChI is InChI=1S/C4H10O.3BF4/c1-3-5-4-2;3*2-1(3,4)5/h3-4H2,1-2H3;;;/q;3*-1/p+3. The van der Waals surface area contributed by atoms with Crippen molar-refractivity contribution in [3.8, 4) is 0 Å². The van der Waals surface area contributed by atoms with Gasteiger partial charge < -0.3 is 56.5 Å². The molecular weight excluding hydrogens is 324 g/mol. The third-order valence-corrected chi connectivity index (χ3v) is 0.408. The lowest BCUT2D eigenvalue weighted by atomic mass is 10.3. The molecule has 0 radical (unpaired) electrons. The second-order valence-electron chi connectivity index (χ2n) is 2.27. The molecule has 0 fully saturated rings. The summed E-state index contributed by atoms with van der Waals surface area (Å²) in [6, 6.07) is 0. The van der Waals surface area contributed by atoms with E-state index in [1.807, 2.05) is 13.8 Å². The summed E-state index contributed by atoms with van der Waals surface area (Å²) in [4.78, 5) is 0. The van der Waals surface area contributed by atoms with Crippen molar-refractivity contribution in [2.45, 2.75) is 13.8 Å². The highest BCUT2D eigenvalue weighted by Crippen LogP contribution is 2.07. The molecule has 0 atom stereocenters. The largest absolute Gasteiger partial charge is 1.00 e. The molecule has 20 heavy (non-hydrogen) atoms. The zero-order valence-corrected chi connectivity index (χ0v) is 10.1. The monoisotopic (exact) mass is 338 g/mol. The molecule has 0 aliphatic rings. The second-order valence-corrected chi connectivity index (χ2v) is 2.27. The number of halogens is 12. The Morgan fingerprint density at radius 1 is 0.550 bits per heavy atom. The van der Waals surface area contributed by atoms with Gasteiger partial charge >= 0.3 is 26.0 Å². The van der Waals surface area contributed by atoms with Gasteiger partial charge in [0.1, 0.15) is 0 Å². The van der Waals surface area contributed by atoms with Crippen LogP contribution < -0.4 is 0 Å². The lowest BCUT2D eigenvalue weighted by molar-refractivity contribution is 0.162. The molecule has 0 aliphatic carbocycles. The van der Waals surface area contributed by atoms with E-state index >= 15 is 0 Å². The first-order valence-electron chi connectivity index (χ1n) is 4.61. The van der Waals surface area contributed by atoms with Gasteiger partial charge in [-0.2, -0.15) is 0 Å². The topological polar surface area (TPSA) is 9.23 Å². The van der Waals surface area contributed by atoms with Crippen molar-refractivity contribution in [3.63, 3.8) is 0 Å². The molecule has 0 aliphatic heterocycles. The molecule has 0 saturated carbocycles. The average Bonchev–Trinajstić information content (AvgIpc) is 1.94. The lowest BCUT2D eigenvalue weighted by Gasteiger charge is -1.94. The molecule has 1 nitrogen and oxygen atoms in total. The SMILES string of the molecule is CCOCC.F[B-](F)(F)F.F[B-](F)(F)F.F[B-](F)(F)F.[H+].[H+].[H+]. The molecule has 0 N–H and O–H groups in total. The molecule has 0 bridgehead atoms. The molecule has 128 valence electrons. The van der Waals surface area contributed by atoms with Crippen LogP contribution in [0.5, 0.6) is 0 Å². The Morgan fingerprint density at radius 3 is 0.650 bits per heavy atom. The maximum Gasteiger partial charge on any atom is 1.00 e. The highest BCUT2D eigenvalue weighted by atomic mass is 19.5. The summed E-state index contributed by atoms with van der Waals surface area (Å²) >= 11 is 0. The molecular formula is C4H13B3F12O. The van der Waals surface area contributed by atoms with Gasteiger partial charge in [0.25, 0.3) is 0 Å². The van der Waals surface area contributed by atoms with E-state index in [1.54, 1.807) is 0 Å². The van der Waals surface area contributed by atoms with Gasteiger partial charge in [0.2, 0.25) is 0 Å². The van der Waals surface area contributed by atoms with Crippen LogP contribution in [0.3, 0.4) is 0 Å². The van der Waals surface area contributed by atoms with E-state index < -0.39 is 21.8 Å². The van der Waals surface area contributed by atoms with Gasteiger partial charge in [0.15, 0.2) is 0 Å². The quantitative estimate of drug-likeness (QED) is 0.492. The van der Waals surface area contributed by atoms with Gasteiger partial charge in [-0.15, -0.1) is 0 Å². The van der Waals surface area contributed by atoms with E-state index in [2.05, 4.69) is 0 Å². The van der Waals surface area contributed by atoms with Gasteiger partial charge in [-0.25, -0.2) is 0 Å². The molecule has 16 heteroatoms. The minimum Gasteiger partial charge on any atom is -0.418 e. The summed E-state index contributed by atoms with van der Waals surface area (Å²) in [5.74, 6) is 0. The molecule has 0 heterocycles. The van der Waals surface area contributed by atoms with Crippen molar-refractivity contribution in [1.82, 2.24) is 0 Å². The number of hydrogen-bond donors (Lipinski definition) is 0. The predicted molar refractivity (Wildman–Crippen MR) is 56.1 cm³/mol. The summed E-state index contributed by atoms with van der Waals surface area (Å²) < 4.78 is 122. The van der Waals surface area contributed by atoms with Gasteiger partial charge in [-0.1, -0.05) is 0 Å². The fourth-order valence-corrected chi connectivity index (χ4v) is 0.204. The van der Waals surface area contributed by atoms with Crippen LogP contribution in [-0.4, -0.2) is 35.0 Å². The zero-order valence-electron chi connectivity index (χ0n) is 13.1. The van der Waals surface area contributed by atoms with Crippen molar-refractivity contribution < 1.29 is 60.8 Å². The highest BCUT2D eigenvalue weighted by molar-refractivity contribution is 6.50. The molecule has 0 aromatic carbocycles. The molecule has 0 unspecified atom stereocenters. The smallest absolute Gasteiger partial charge is 0.418 e. The van der Waals surface area contributed by atoms with Crippen LogP contribution in [0, 0.1) is 0 Å². The number of ether oxygens (including phenoxy) is 1. The van der Waals surface area contributed by atoms with E-state index in [1.165, 1.54) is 0 Å².